The molecule has 0 fully saturated rings. The van der Waals surface area contributed by atoms with Gasteiger partial charge in [0.2, 0.25) is 0 Å². The highest BCUT2D eigenvalue weighted by Gasteiger charge is 2.32. The van der Waals surface area contributed by atoms with Gasteiger partial charge in [-0.15, -0.1) is 0 Å². The fourth-order valence-corrected chi connectivity index (χ4v) is 2.65. The summed E-state index contributed by atoms with van der Waals surface area (Å²) in [5.41, 5.74) is 2.25. The zero-order valence-corrected chi connectivity index (χ0v) is 14.3. The Balaban J connectivity index is 3.53. The fraction of sp³-hybridized carbons (Fsp3) is 0.625. The normalized spacial score (nSPS) is 12.8. The minimum atomic E-state index is -2.40. The predicted octanol–water partition coefficient (Wildman–Crippen LogP) is 4.65. The molecule has 0 heterocycles. The lowest BCUT2D eigenvalue weighted by Crippen LogP contribution is -2.26. The van der Waals surface area contributed by atoms with Crippen molar-refractivity contribution in [2.45, 2.75) is 65.2 Å². The molecule has 0 aliphatic carbocycles. The molecular formula is C16H27O3P. The minimum absolute atomic E-state index is 0.0226. The Morgan fingerprint density at radius 3 is 2.00 bits per heavy atom. The van der Waals surface area contributed by atoms with E-state index in [4.69, 9.17) is 4.52 Å². The van der Waals surface area contributed by atoms with Gasteiger partial charge in [0.25, 0.3) is 0 Å². The lowest BCUT2D eigenvalue weighted by molar-refractivity contribution is 0.363. The highest BCUT2D eigenvalue weighted by Crippen LogP contribution is 2.45. The van der Waals surface area contributed by atoms with E-state index in [1.165, 1.54) is 5.56 Å². The molecule has 0 radical (unpaired) electrons. The summed E-state index contributed by atoms with van der Waals surface area (Å²) in [5, 5.41) is 0. The molecule has 4 heteroatoms. The lowest BCUT2D eigenvalue weighted by Gasteiger charge is -2.35. The maximum Gasteiger partial charge on any atom is 0.391 e. The third-order valence-electron chi connectivity index (χ3n) is 4.38. The number of benzene rings is 1. The van der Waals surface area contributed by atoms with Crippen LogP contribution in [0.5, 0.6) is 5.75 Å². The summed E-state index contributed by atoms with van der Waals surface area (Å²) < 4.78 is 5.29. The van der Waals surface area contributed by atoms with Gasteiger partial charge in [0, 0.05) is 5.56 Å². The first kappa shape index (κ1) is 17.4. The van der Waals surface area contributed by atoms with Crippen molar-refractivity contribution in [3.8, 4) is 5.75 Å². The molecule has 0 bridgehead atoms. The van der Waals surface area contributed by atoms with Crippen LogP contribution < -0.4 is 4.52 Å². The van der Waals surface area contributed by atoms with Crippen molar-refractivity contribution in [2.24, 2.45) is 0 Å². The summed E-state index contributed by atoms with van der Waals surface area (Å²) in [7, 11) is -2.40. The van der Waals surface area contributed by atoms with Gasteiger partial charge in [-0.2, -0.15) is 0 Å². The zero-order valence-electron chi connectivity index (χ0n) is 13.4. The first-order valence-corrected chi connectivity index (χ1v) is 8.32. The quantitative estimate of drug-likeness (QED) is 0.751. The van der Waals surface area contributed by atoms with E-state index in [-0.39, 0.29) is 10.8 Å². The lowest BCUT2D eigenvalue weighted by atomic mass is 9.71. The molecule has 0 unspecified atom stereocenters. The molecule has 20 heavy (non-hydrogen) atoms. The average molecular weight is 298 g/mol. The van der Waals surface area contributed by atoms with E-state index in [2.05, 4.69) is 47.6 Å². The van der Waals surface area contributed by atoms with Gasteiger partial charge in [0.1, 0.15) is 5.75 Å². The van der Waals surface area contributed by atoms with Gasteiger partial charge in [-0.1, -0.05) is 53.7 Å². The first-order chi connectivity index (χ1) is 9.15. The largest absolute Gasteiger partial charge is 0.427 e. The molecule has 114 valence electrons. The Morgan fingerprint density at radius 1 is 1.00 bits per heavy atom. The summed E-state index contributed by atoms with van der Waals surface area (Å²) >= 11 is 0. The Labute approximate surface area is 124 Å². The van der Waals surface area contributed by atoms with Crippen molar-refractivity contribution >= 4 is 8.60 Å². The Kier molecular flexibility index (Phi) is 5.60. The van der Waals surface area contributed by atoms with Crippen molar-refractivity contribution in [1.29, 1.82) is 0 Å². The van der Waals surface area contributed by atoms with Gasteiger partial charge >= 0.3 is 8.60 Å². The number of rotatable bonds is 6. The van der Waals surface area contributed by atoms with Crippen LogP contribution in [0.4, 0.5) is 0 Å². The monoisotopic (exact) mass is 298 g/mol. The molecule has 0 aliphatic rings. The molecule has 3 nitrogen and oxygen atoms in total. The van der Waals surface area contributed by atoms with E-state index in [9.17, 15) is 9.79 Å². The van der Waals surface area contributed by atoms with Crippen LogP contribution in [0, 0.1) is 0 Å². The first-order valence-electron chi connectivity index (χ1n) is 7.15. The van der Waals surface area contributed by atoms with Crippen LogP contribution in [-0.2, 0) is 10.8 Å². The third-order valence-corrected chi connectivity index (χ3v) is 4.74. The summed E-state index contributed by atoms with van der Waals surface area (Å²) in [5.74, 6) is 0.590. The summed E-state index contributed by atoms with van der Waals surface area (Å²) in [6.45, 7) is 13.1. The highest BCUT2D eigenvalue weighted by molar-refractivity contribution is 7.39. The van der Waals surface area contributed by atoms with Gasteiger partial charge in [0.15, 0.2) is 0 Å². The van der Waals surface area contributed by atoms with Gasteiger partial charge in [-0.3, -0.25) is 0 Å². The predicted molar refractivity (Wildman–Crippen MR) is 85.1 cm³/mol. The van der Waals surface area contributed by atoms with Crippen LogP contribution in [0.3, 0.4) is 0 Å². The van der Waals surface area contributed by atoms with Crippen molar-refractivity contribution in [1.82, 2.24) is 0 Å². The summed E-state index contributed by atoms with van der Waals surface area (Å²) in [4.78, 5) is 18.4. The topological polar surface area (TPSA) is 49.7 Å². The van der Waals surface area contributed by atoms with E-state index in [0.717, 1.165) is 18.4 Å². The molecule has 0 saturated heterocycles. The van der Waals surface area contributed by atoms with Crippen molar-refractivity contribution in [3.05, 3.63) is 29.3 Å². The maximum absolute atomic E-state index is 9.22. The van der Waals surface area contributed by atoms with Crippen LogP contribution >= 0.6 is 8.60 Å². The van der Waals surface area contributed by atoms with Crippen LogP contribution in [0.2, 0.25) is 0 Å². The van der Waals surface area contributed by atoms with Gasteiger partial charge in [-0.05, 0) is 35.3 Å². The zero-order chi connectivity index (χ0) is 15.6. The van der Waals surface area contributed by atoms with Crippen LogP contribution in [0.1, 0.15) is 65.5 Å². The minimum Gasteiger partial charge on any atom is -0.427 e. The molecule has 1 aromatic rings. The Bertz CT molecular complexity index is 453. The molecule has 1 rings (SSSR count). The highest BCUT2D eigenvalue weighted by atomic mass is 31.2. The molecule has 0 saturated carbocycles. The summed E-state index contributed by atoms with van der Waals surface area (Å²) in [6, 6.07) is 5.88. The second kappa shape index (κ2) is 6.43. The van der Waals surface area contributed by atoms with Crippen LogP contribution in [0.15, 0.2) is 18.2 Å². The van der Waals surface area contributed by atoms with Crippen molar-refractivity contribution in [3.63, 3.8) is 0 Å². The van der Waals surface area contributed by atoms with Crippen LogP contribution in [0.25, 0.3) is 0 Å². The van der Waals surface area contributed by atoms with Gasteiger partial charge in [-0.25, -0.2) is 0 Å². The second-order valence-corrected chi connectivity index (χ2v) is 7.19. The smallest absolute Gasteiger partial charge is 0.391 e. The maximum atomic E-state index is 9.22. The number of hydrogen-bond acceptors (Lipinski definition) is 3. The van der Waals surface area contributed by atoms with E-state index < -0.39 is 8.60 Å². The molecular weight excluding hydrogens is 271 g/mol. The molecule has 1 aromatic carbocycles. The van der Waals surface area contributed by atoms with Gasteiger partial charge in [0.05, 0.1) is 0 Å². The SMILES string of the molecule is CCC(C)(C)c1cccc(OP(O)O)c1C(C)(C)CC. The molecule has 0 aliphatic heterocycles. The van der Waals surface area contributed by atoms with Crippen molar-refractivity contribution < 1.29 is 14.3 Å². The van der Waals surface area contributed by atoms with E-state index in [0.29, 0.717) is 5.75 Å². The third kappa shape index (κ3) is 3.72. The van der Waals surface area contributed by atoms with Gasteiger partial charge < -0.3 is 14.3 Å². The molecule has 0 spiro atoms. The Morgan fingerprint density at radius 2 is 1.55 bits per heavy atom. The average Bonchev–Trinajstić information content (AvgIpc) is 2.37. The van der Waals surface area contributed by atoms with E-state index in [1.807, 2.05) is 12.1 Å². The molecule has 0 amide bonds. The molecule has 0 aromatic heterocycles. The second-order valence-electron chi connectivity index (χ2n) is 6.50. The van der Waals surface area contributed by atoms with E-state index >= 15 is 0 Å². The van der Waals surface area contributed by atoms with Crippen LogP contribution in [-0.4, -0.2) is 9.79 Å². The fourth-order valence-electron chi connectivity index (χ4n) is 2.32. The molecule has 2 N–H and O–H groups in total. The summed E-state index contributed by atoms with van der Waals surface area (Å²) in [6.07, 6.45) is 1.96. The van der Waals surface area contributed by atoms with Crippen molar-refractivity contribution in [2.75, 3.05) is 0 Å². The van der Waals surface area contributed by atoms with E-state index in [1.54, 1.807) is 0 Å². The Hall–Kier alpha value is -0.630. The number of hydrogen-bond donors (Lipinski definition) is 2. The standard InChI is InChI=1S/C16H27O3P/c1-7-15(3,4)12-10-9-11-13(19-20(17)18)14(12)16(5,6)8-2/h9-11,17-18H,7-8H2,1-6H3. The molecule has 0 atom stereocenters.